The molecule has 0 aromatic heterocycles. The van der Waals surface area contributed by atoms with E-state index in [1.165, 1.54) is 6.07 Å². The third-order valence-corrected chi connectivity index (χ3v) is 6.23. The van der Waals surface area contributed by atoms with E-state index in [1.807, 2.05) is 19.9 Å². The monoisotopic (exact) mass is 409 g/mol. The predicted molar refractivity (Wildman–Crippen MR) is 107 cm³/mol. The molecule has 0 saturated heterocycles. The molecule has 3 rings (SSSR count). The number of hydrogen-bond acceptors (Lipinski definition) is 5. The molecule has 1 heterocycles. The lowest BCUT2D eigenvalue weighted by molar-refractivity contribution is -0.113. The molecule has 26 heavy (non-hydrogen) atoms. The van der Waals surface area contributed by atoms with Crippen molar-refractivity contribution in [1.82, 2.24) is 0 Å². The summed E-state index contributed by atoms with van der Waals surface area (Å²) in [7, 11) is -3.77. The van der Waals surface area contributed by atoms with E-state index in [9.17, 15) is 13.2 Å². The fraction of sp³-hybridized carbons (Fsp3) is 0.176. The Balaban J connectivity index is 1.68. The number of carbonyl (C=O) groups is 1. The van der Waals surface area contributed by atoms with Gasteiger partial charge in [-0.3, -0.25) is 4.79 Å². The average molecular weight is 410 g/mol. The minimum atomic E-state index is -3.77. The third-order valence-electron chi connectivity index (χ3n) is 3.60. The minimum Gasteiger partial charge on any atom is -0.333 e. The van der Waals surface area contributed by atoms with Gasteiger partial charge >= 0.3 is 0 Å². The zero-order valence-electron chi connectivity index (χ0n) is 14.0. The van der Waals surface area contributed by atoms with Crippen LogP contribution in [0.15, 0.2) is 45.7 Å². The van der Waals surface area contributed by atoms with Gasteiger partial charge < -0.3 is 10.6 Å². The van der Waals surface area contributed by atoms with Crippen LogP contribution in [0.5, 0.6) is 0 Å². The molecule has 1 aliphatic rings. The van der Waals surface area contributed by atoms with Crippen LogP contribution < -0.4 is 10.6 Å². The molecule has 9 heteroatoms. The molecule has 2 aromatic carbocycles. The summed E-state index contributed by atoms with van der Waals surface area (Å²) in [6.07, 6.45) is 0. The number of anilines is 2. The molecule has 0 fully saturated rings. The number of hydrogen-bond donors (Lipinski definition) is 2. The molecule has 6 nitrogen and oxygen atoms in total. The van der Waals surface area contributed by atoms with Crippen molar-refractivity contribution in [2.45, 2.75) is 18.7 Å². The molecule has 2 aromatic rings. The summed E-state index contributed by atoms with van der Waals surface area (Å²) < 4.78 is 28.2. The Morgan fingerprint density at radius 3 is 2.62 bits per heavy atom. The van der Waals surface area contributed by atoms with Crippen molar-refractivity contribution in [1.29, 1.82) is 0 Å². The number of thioether (sulfide) groups is 1. The maximum absolute atomic E-state index is 12.2. The number of nitrogens with one attached hydrogen (secondary N) is 2. The van der Waals surface area contributed by atoms with Crippen LogP contribution in [0.2, 0.25) is 5.02 Å². The Hall–Kier alpha value is -2.03. The highest BCUT2D eigenvalue weighted by Crippen LogP contribution is 2.30. The maximum Gasteiger partial charge on any atom is 0.286 e. The van der Waals surface area contributed by atoms with Gasteiger partial charge in [0.25, 0.3) is 10.0 Å². The van der Waals surface area contributed by atoms with Gasteiger partial charge in [0.15, 0.2) is 5.17 Å². The van der Waals surface area contributed by atoms with Gasteiger partial charge in [-0.15, -0.1) is 4.40 Å². The summed E-state index contributed by atoms with van der Waals surface area (Å²) in [6, 6.07) is 10.3. The number of benzene rings is 2. The van der Waals surface area contributed by atoms with Crippen molar-refractivity contribution < 1.29 is 13.2 Å². The van der Waals surface area contributed by atoms with Gasteiger partial charge in [0.1, 0.15) is 4.90 Å². The molecule has 0 saturated carbocycles. The number of aryl methyl sites for hydroxylation is 2. The van der Waals surface area contributed by atoms with Crippen molar-refractivity contribution in [2.24, 2.45) is 4.40 Å². The molecule has 1 amide bonds. The number of fused-ring (bicyclic) bond motifs is 1. The smallest absolute Gasteiger partial charge is 0.286 e. The van der Waals surface area contributed by atoms with E-state index in [-0.39, 0.29) is 21.7 Å². The van der Waals surface area contributed by atoms with Crippen molar-refractivity contribution in [3.05, 3.63) is 52.5 Å². The van der Waals surface area contributed by atoms with E-state index in [0.29, 0.717) is 16.4 Å². The first kappa shape index (κ1) is 18.8. The number of nitrogens with zero attached hydrogens (tertiary/aromatic N) is 1. The highest BCUT2D eigenvalue weighted by atomic mass is 35.5. The lowest BCUT2D eigenvalue weighted by Crippen LogP contribution is -2.22. The quantitative estimate of drug-likeness (QED) is 0.805. The second-order valence-corrected chi connectivity index (χ2v) is 8.76. The summed E-state index contributed by atoms with van der Waals surface area (Å²) in [4.78, 5) is 12.3. The Labute approximate surface area is 161 Å². The Kier molecular flexibility index (Phi) is 5.27. The standard InChI is InChI=1S/C17H16ClN3O3S2/c1-10-3-5-13(12(18)7-10)19-16(22)9-25-17-20-14-8-11(2)4-6-15(14)26(23,24)21-17/h3-8H,9H2,1-2H3,(H,19,22)(H,20,21). The average Bonchev–Trinajstić information content (AvgIpc) is 2.54. The van der Waals surface area contributed by atoms with E-state index in [2.05, 4.69) is 15.0 Å². The number of amides is 1. The van der Waals surface area contributed by atoms with Crippen LogP contribution in [0.1, 0.15) is 11.1 Å². The van der Waals surface area contributed by atoms with Crippen LogP contribution >= 0.6 is 23.4 Å². The first-order valence-corrected chi connectivity index (χ1v) is 10.5. The van der Waals surface area contributed by atoms with Gasteiger partial charge in [-0.2, -0.15) is 8.42 Å². The molecular formula is C17H16ClN3O3S2. The number of halogens is 1. The van der Waals surface area contributed by atoms with Crippen molar-refractivity contribution in [3.8, 4) is 0 Å². The number of carbonyl (C=O) groups excluding carboxylic acids is 1. The van der Waals surface area contributed by atoms with Crippen LogP contribution in [-0.4, -0.2) is 25.2 Å². The fourth-order valence-electron chi connectivity index (χ4n) is 2.37. The number of sulfonamides is 1. The van der Waals surface area contributed by atoms with Gasteiger partial charge in [0.05, 0.1) is 22.2 Å². The molecule has 0 spiro atoms. The van der Waals surface area contributed by atoms with Crippen molar-refractivity contribution in [3.63, 3.8) is 0 Å². The summed E-state index contributed by atoms with van der Waals surface area (Å²) in [6.45, 7) is 3.77. The van der Waals surface area contributed by atoms with E-state index in [0.717, 1.165) is 22.9 Å². The lowest BCUT2D eigenvalue weighted by atomic mass is 10.2. The van der Waals surface area contributed by atoms with Gasteiger partial charge in [-0.25, -0.2) is 0 Å². The van der Waals surface area contributed by atoms with E-state index in [1.54, 1.807) is 24.3 Å². The minimum absolute atomic E-state index is 0.00723. The molecule has 2 N–H and O–H groups in total. The Morgan fingerprint density at radius 2 is 1.88 bits per heavy atom. The Bertz CT molecular complexity index is 1020. The molecule has 0 aliphatic carbocycles. The topological polar surface area (TPSA) is 87.6 Å². The maximum atomic E-state index is 12.2. The summed E-state index contributed by atoms with van der Waals surface area (Å²) in [5.74, 6) is -0.315. The van der Waals surface area contributed by atoms with Gasteiger partial charge in [-0.1, -0.05) is 35.5 Å². The highest BCUT2D eigenvalue weighted by molar-refractivity contribution is 8.15. The highest BCUT2D eigenvalue weighted by Gasteiger charge is 2.25. The van der Waals surface area contributed by atoms with Gasteiger partial charge in [0.2, 0.25) is 5.91 Å². The second-order valence-electron chi connectivity index (χ2n) is 5.82. The van der Waals surface area contributed by atoms with Crippen LogP contribution in [0.25, 0.3) is 0 Å². The van der Waals surface area contributed by atoms with E-state index in [4.69, 9.17) is 11.6 Å². The van der Waals surface area contributed by atoms with E-state index < -0.39 is 10.0 Å². The first-order chi connectivity index (χ1) is 12.2. The molecule has 0 atom stereocenters. The third kappa shape index (κ3) is 4.20. The van der Waals surface area contributed by atoms with Gasteiger partial charge in [-0.05, 0) is 49.2 Å². The Morgan fingerprint density at radius 1 is 1.19 bits per heavy atom. The zero-order valence-corrected chi connectivity index (χ0v) is 16.4. The second kappa shape index (κ2) is 7.30. The van der Waals surface area contributed by atoms with Crippen LogP contribution in [0, 0.1) is 13.8 Å². The van der Waals surface area contributed by atoms with Crippen LogP contribution in [0.3, 0.4) is 0 Å². The largest absolute Gasteiger partial charge is 0.333 e. The molecule has 1 aliphatic heterocycles. The number of amidine groups is 1. The van der Waals surface area contributed by atoms with Gasteiger partial charge in [0, 0.05) is 0 Å². The van der Waals surface area contributed by atoms with E-state index >= 15 is 0 Å². The SMILES string of the molecule is Cc1ccc(NC(=O)CSC2=NS(=O)(=O)c3ccc(C)cc3N2)c(Cl)c1. The molecule has 0 unspecified atom stereocenters. The van der Waals surface area contributed by atoms with Crippen molar-refractivity contribution in [2.75, 3.05) is 16.4 Å². The lowest BCUT2D eigenvalue weighted by Gasteiger charge is -2.18. The predicted octanol–water partition coefficient (Wildman–Crippen LogP) is 3.80. The molecule has 0 bridgehead atoms. The normalized spacial score (nSPS) is 14.8. The summed E-state index contributed by atoms with van der Waals surface area (Å²) in [5.41, 5.74) is 2.88. The van der Waals surface area contributed by atoms with Crippen LogP contribution in [-0.2, 0) is 14.8 Å². The first-order valence-electron chi connectivity index (χ1n) is 7.66. The molecular weight excluding hydrogens is 394 g/mol. The van der Waals surface area contributed by atoms with Crippen LogP contribution in [0.4, 0.5) is 11.4 Å². The molecule has 0 radical (unpaired) electrons. The number of rotatable bonds is 3. The summed E-state index contributed by atoms with van der Waals surface area (Å²) in [5, 5.41) is 6.27. The summed E-state index contributed by atoms with van der Waals surface area (Å²) >= 11 is 7.10. The zero-order chi connectivity index (χ0) is 18.9. The fourth-order valence-corrected chi connectivity index (χ4v) is 4.67. The molecule has 136 valence electrons. The van der Waals surface area contributed by atoms with Crippen molar-refractivity contribution >= 4 is 55.8 Å².